The van der Waals surface area contributed by atoms with Crippen LogP contribution < -0.4 is 5.43 Å². The molecule has 0 fully saturated rings. The third-order valence-corrected chi connectivity index (χ3v) is 3.50. The number of thiazole rings is 1. The molecule has 9 heteroatoms. The Kier molecular flexibility index (Phi) is 5.95. The van der Waals surface area contributed by atoms with Crippen molar-refractivity contribution in [3.05, 3.63) is 58.1 Å². The number of hydrazone groups is 1. The summed E-state index contributed by atoms with van der Waals surface area (Å²) in [5.41, 5.74) is 4.87. The number of hydrogen-bond donors (Lipinski definition) is 1. The molecule has 1 N–H and O–H groups in total. The van der Waals surface area contributed by atoms with Gasteiger partial charge in [0.1, 0.15) is 11.9 Å². The summed E-state index contributed by atoms with van der Waals surface area (Å²) in [5, 5.41) is 18.4. The fraction of sp³-hybridized carbons (Fsp3) is 0.133. The summed E-state index contributed by atoms with van der Waals surface area (Å²) >= 11 is 1.32. The zero-order valence-electron chi connectivity index (χ0n) is 12.5. The van der Waals surface area contributed by atoms with Crippen LogP contribution in [0.25, 0.3) is 4.85 Å². The first kappa shape index (κ1) is 17.1. The van der Waals surface area contributed by atoms with E-state index in [1.807, 2.05) is 0 Å². The zero-order valence-corrected chi connectivity index (χ0v) is 13.3. The van der Waals surface area contributed by atoms with E-state index in [9.17, 15) is 4.39 Å². The van der Waals surface area contributed by atoms with Gasteiger partial charge in [-0.25, -0.2) is 14.6 Å². The molecule has 0 amide bonds. The fourth-order valence-corrected chi connectivity index (χ4v) is 2.17. The second kappa shape index (κ2) is 8.36. The van der Waals surface area contributed by atoms with Crippen molar-refractivity contribution < 1.29 is 9.23 Å². The van der Waals surface area contributed by atoms with Crippen molar-refractivity contribution in [1.82, 2.24) is 4.98 Å². The Morgan fingerprint density at radius 1 is 1.50 bits per heavy atom. The van der Waals surface area contributed by atoms with Crippen LogP contribution in [0.4, 0.5) is 9.52 Å². The Morgan fingerprint density at radius 3 is 2.92 bits per heavy atom. The number of anilines is 1. The van der Waals surface area contributed by atoms with E-state index in [0.29, 0.717) is 16.5 Å². The molecule has 2 aromatic rings. The smallest absolute Gasteiger partial charge is 0.348 e. The van der Waals surface area contributed by atoms with Gasteiger partial charge in [0.2, 0.25) is 5.13 Å². The Labute approximate surface area is 141 Å². The lowest BCUT2D eigenvalue weighted by molar-refractivity contribution is 0.129. The van der Waals surface area contributed by atoms with Gasteiger partial charge in [0, 0.05) is 5.38 Å². The lowest BCUT2D eigenvalue weighted by Crippen LogP contribution is -2.00. The molecule has 0 radical (unpaired) electrons. The predicted octanol–water partition coefficient (Wildman–Crippen LogP) is 3.39. The van der Waals surface area contributed by atoms with Crippen molar-refractivity contribution in [2.75, 3.05) is 5.43 Å². The minimum Gasteiger partial charge on any atom is -0.348 e. The third kappa shape index (κ3) is 4.87. The number of amidine groups is 1. The maximum atomic E-state index is 12.9. The van der Waals surface area contributed by atoms with Crippen LogP contribution in [-0.4, -0.2) is 16.5 Å². The lowest BCUT2D eigenvalue weighted by atomic mass is 10.1. The molecule has 0 spiro atoms. The van der Waals surface area contributed by atoms with Gasteiger partial charge >= 0.3 is 5.84 Å². The summed E-state index contributed by atoms with van der Waals surface area (Å²) in [6, 6.07) is 7.61. The molecular formula is C15H11FN6OS. The molecule has 1 heterocycles. The van der Waals surface area contributed by atoms with E-state index in [1.165, 1.54) is 23.5 Å². The molecule has 0 aliphatic carbocycles. The van der Waals surface area contributed by atoms with E-state index in [1.54, 1.807) is 30.5 Å². The molecule has 0 saturated heterocycles. The van der Waals surface area contributed by atoms with Gasteiger partial charge in [-0.15, -0.1) is 11.3 Å². The number of benzene rings is 1. The van der Waals surface area contributed by atoms with Gasteiger partial charge in [0.25, 0.3) is 0 Å². The second-order valence-corrected chi connectivity index (χ2v) is 5.23. The van der Waals surface area contributed by atoms with E-state index in [-0.39, 0.29) is 18.3 Å². The minimum atomic E-state index is -0.372. The number of oxime groups is 1. The Hall–Kier alpha value is -3.30. The van der Waals surface area contributed by atoms with Crippen LogP contribution in [0, 0.1) is 23.7 Å². The van der Waals surface area contributed by atoms with E-state index in [2.05, 4.69) is 25.5 Å². The summed E-state index contributed by atoms with van der Waals surface area (Å²) in [6.45, 7) is 8.49. The van der Waals surface area contributed by atoms with Gasteiger partial charge in [-0.05, 0) is 24.6 Å². The minimum absolute atomic E-state index is 0.0412. The van der Waals surface area contributed by atoms with Crippen LogP contribution in [0.3, 0.4) is 0 Å². The summed E-state index contributed by atoms with van der Waals surface area (Å²) in [6.07, 6.45) is 0. The monoisotopic (exact) mass is 342 g/mol. The van der Waals surface area contributed by atoms with Gasteiger partial charge in [-0.1, -0.05) is 18.7 Å². The lowest BCUT2D eigenvalue weighted by Gasteiger charge is -2.01. The molecule has 0 atom stereocenters. The van der Waals surface area contributed by atoms with Crippen molar-refractivity contribution in [3.63, 3.8) is 0 Å². The van der Waals surface area contributed by atoms with Crippen LogP contribution in [0.15, 0.2) is 39.9 Å². The van der Waals surface area contributed by atoms with Crippen LogP contribution >= 0.6 is 11.3 Å². The van der Waals surface area contributed by atoms with Crippen molar-refractivity contribution in [2.24, 2.45) is 10.3 Å². The largest absolute Gasteiger partial charge is 0.392 e. The third-order valence-electron chi connectivity index (χ3n) is 2.70. The quantitative estimate of drug-likeness (QED) is 0.377. The first-order valence-corrected chi connectivity index (χ1v) is 7.48. The highest BCUT2D eigenvalue weighted by Gasteiger charge is 2.04. The van der Waals surface area contributed by atoms with Gasteiger partial charge < -0.3 is 9.68 Å². The predicted molar refractivity (Wildman–Crippen MR) is 88.8 cm³/mol. The molecule has 0 aliphatic rings. The van der Waals surface area contributed by atoms with E-state index in [0.717, 1.165) is 5.56 Å². The molecule has 2 rings (SSSR count). The molecule has 24 heavy (non-hydrogen) atoms. The molecule has 0 aliphatic heterocycles. The van der Waals surface area contributed by atoms with Gasteiger partial charge in [0.15, 0.2) is 6.61 Å². The molecule has 0 bridgehead atoms. The first-order valence-electron chi connectivity index (χ1n) is 6.60. The van der Waals surface area contributed by atoms with Crippen molar-refractivity contribution in [1.29, 1.82) is 5.26 Å². The standard InChI is InChI=1S/C15H11FN6OS/c1-10(11-3-5-12(16)6-4-11)20-21-15-19-13(9-24-15)8-23-22-14(7-17)18-2/h3-6,9H,8H2,1H3,(H,19,21)/b20-10+,22-14-. The van der Waals surface area contributed by atoms with Crippen molar-refractivity contribution in [2.45, 2.75) is 13.5 Å². The summed E-state index contributed by atoms with van der Waals surface area (Å²) in [7, 11) is 0. The number of nitrogens with zero attached hydrogens (tertiary/aromatic N) is 5. The topological polar surface area (TPSA) is 87.0 Å². The van der Waals surface area contributed by atoms with E-state index < -0.39 is 0 Å². The zero-order chi connectivity index (χ0) is 17.4. The molecular weight excluding hydrogens is 331 g/mol. The van der Waals surface area contributed by atoms with Crippen LogP contribution in [0.2, 0.25) is 0 Å². The van der Waals surface area contributed by atoms with Gasteiger partial charge in [-0.3, -0.25) is 5.43 Å². The Morgan fingerprint density at radius 2 is 2.25 bits per heavy atom. The Balaban J connectivity index is 1.93. The average molecular weight is 342 g/mol. The number of rotatable bonds is 6. The van der Waals surface area contributed by atoms with Crippen LogP contribution in [0.1, 0.15) is 18.2 Å². The maximum Gasteiger partial charge on any atom is 0.392 e. The SMILES string of the molecule is [C-]#[N+]/C(C#N)=N\OCc1csc(N/N=C(\C)c2ccc(F)cc2)n1. The highest BCUT2D eigenvalue weighted by molar-refractivity contribution is 7.13. The van der Waals surface area contributed by atoms with Gasteiger partial charge in [-0.2, -0.15) is 5.10 Å². The molecule has 120 valence electrons. The molecule has 7 nitrogen and oxygen atoms in total. The van der Waals surface area contributed by atoms with Gasteiger partial charge in [0.05, 0.1) is 16.6 Å². The number of hydrogen-bond acceptors (Lipinski definition) is 7. The molecule has 0 unspecified atom stereocenters. The van der Waals surface area contributed by atoms with Crippen molar-refractivity contribution >= 4 is 28.0 Å². The van der Waals surface area contributed by atoms with E-state index >= 15 is 0 Å². The highest BCUT2D eigenvalue weighted by Crippen LogP contribution is 2.16. The molecule has 1 aromatic carbocycles. The second-order valence-electron chi connectivity index (χ2n) is 4.37. The van der Waals surface area contributed by atoms with Crippen LogP contribution in [0.5, 0.6) is 0 Å². The summed E-state index contributed by atoms with van der Waals surface area (Å²) in [5.74, 6) is -0.674. The first-order chi connectivity index (χ1) is 11.6. The van der Waals surface area contributed by atoms with Crippen molar-refractivity contribution in [3.8, 4) is 6.07 Å². The molecule has 1 aromatic heterocycles. The summed E-state index contributed by atoms with van der Waals surface area (Å²) in [4.78, 5) is 12.0. The fourth-order valence-electron chi connectivity index (χ4n) is 1.54. The molecule has 0 saturated carbocycles. The number of nitriles is 1. The number of halogens is 1. The van der Waals surface area contributed by atoms with E-state index in [4.69, 9.17) is 16.7 Å². The Bertz CT molecular complexity index is 828. The maximum absolute atomic E-state index is 12.9. The number of aromatic nitrogens is 1. The number of nitrogens with one attached hydrogen (secondary N) is 1. The van der Waals surface area contributed by atoms with Crippen LogP contribution in [-0.2, 0) is 11.4 Å². The average Bonchev–Trinajstić information content (AvgIpc) is 3.05. The highest BCUT2D eigenvalue weighted by atomic mass is 32.1. The normalized spacial score (nSPS) is 11.5. The summed E-state index contributed by atoms with van der Waals surface area (Å²) < 4.78 is 12.9.